The van der Waals surface area contributed by atoms with Crippen LogP contribution < -0.4 is 16.2 Å². The minimum atomic E-state index is -0.173. The van der Waals surface area contributed by atoms with Crippen LogP contribution in [0.4, 0.5) is 11.4 Å². The van der Waals surface area contributed by atoms with E-state index < -0.39 is 0 Å². The number of fused-ring (bicyclic) bond motifs is 1. The third-order valence-electron chi connectivity index (χ3n) is 4.04. The number of hydrogen-bond donors (Lipinski definition) is 3. The van der Waals surface area contributed by atoms with Gasteiger partial charge in [-0.3, -0.25) is 19.3 Å². The Morgan fingerprint density at radius 1 is 1.14 bits per heavy atom. The lowest BCUT2D eigenvalue weighted by Gasteiger charge is -2.19. The molecule has 0 radical (unpaired) electrons. The van der Waals surface area contributed by atoms with Crippen molar-refractivity contribution in [2.45, 2.75) is 20.4 Å². The maximum absolute atomic E-state index is 12.4. The van der Waals surface area contributed by atoms with E-state index in [9.17, 15) is 14.4 Å². The van der Waals surface area contributed by atoms with Crippen molar-refractivity contribution in [2.75, 3.05) is 23.7 Å². The normalized spacial score (nSPS) is 11.0. The first-order valence-corrected chi connectivity index (χ1v) is 9.69. The van der Waals surface area contributed by atoms with Gasteiger partial charge in [-0.05, 0) is 42.3 Å². The van der Waals surface area contributed by atoms with Crippen molar-refractivity contribution in [3.63, 3.8) is 0 Å². The average Bonchev–Trinajstić information content (AvgIpc) is 3.11. The molecule has 0 atom stereocenters. The van der Waals surface area contributed by atoms with Gasteiger partial charge in [-0.15, -0.1) is 11.3 Å². The number of nitrogens with zero attached hydrogens (tertiary/aromatic N) is 2. The van der Waals surface area contributed by atoms with Crippen molar-refractivity contribution in [1.82, 2.24) is 14.9 Å². The second-order valence-corrected chi connectivity index (χ2v) is 7.17. The third-order valence-corrected chi connectivity index (χ3v) is 4.94. The molecule has 0 saturated carbocycles. The first-order valence-electron chi connectivity index (χ1n) is 8.81. The fourth-order valence-electron chi connectivity index (χ4n) is 2.73. The van der Waals surface area contributed by atoms with Crippen LogP contribution in [0.5, 0.6) is 0 Å². The number of likely N-dealkylation sites (N-methyl/N-ethyl adjacent to an activating group) is 1. The average molecular weight is 399 g/mol. The Kier molecular flexibility index (Phi) is 6.17. The van der Waals surface area contributed by atoms with E-state index in [1.165, 1.54) is 18.3 Å². The molecular formula is C19H21N5O3S. The number of aromatic amines is 1. The second-order valence-electron chi connectivity index (χ2n) is 6.26. The summed E-state index contributed by atoms with van der Waals surface area (Å²) in [6, 6.07) is 8.71. The second kappa shape index (κ2) is 8.77. The van der Waals surface area contributed by atoms with Crippen LogP contribution >= 0.6 is 11.3 Å². The minimum absolute atomic E-state index is 0.150. The zero-order valence-corrected chi connectivity index (χ0v) is 16.4. The summed E-state index contributed by atoms with van der Waals surface area (Å²) in [7, 11) is 0. The number of carbonyl (C=O) groups excluding carboxylic acids is 2. The van der Waals surface area contributed by atoms with Crippen LogP contribution in [-0.2, 0) is 16.1 Å². The van der Waals surface area contributed by atoms with Crippen LogP contribution in [-0.4, -0.2) is 39.8 Å². The maximum Gasteiger partial charge on any atom is 0.268 e. The summed E-state index contributed by atoms with van der Waals surface area (Å²) in [5.41, 5.74) is 1.82. The molecule has 3 aromatic rings. The summed E-state index contributed by atoms with van der Waals surface area (Å²) >= 11 is 1.36. The molecule has 2 amide bonds. The summed E-state index contributed by atoms with van der Waals surface area (Å²) in [5, 5.41) is 7.33. The molecule has 0 saturated heterocycles. The molecule has 146 valence electrons. The van der Waals surface area contributed by atoms with Crippen molar-refractivity contribution in [3.05, 3.63) is 51.9 Å². The van der Waals surface area contributed by atoms with E-state index in [4.69, 9.17) is 0 Å². The first kappa shape index (κ1) is 19.7. The fourth-order valence-corrected chi connectivity index (χ4v) is 3.46. The number of hydrogen-bond acceptors (Lipinski definition) is 6. The quantitative estimate of drug-likeness (QED) is 0.566. The maximum atomic E-state index is 12.4. The Labute approximate surface area is 165 Å². The molecule has 28 heavy (non-hydrogen) atoms. The van der Waals surface area contributed by atoms with E-state index in [2.05, 4.69) is 20.6 Å². The lowest BCUT2D eigenvalue weighted by atomic mass is 10.2. The summed E-state index contributed by atoms with van der Waals surface area (Å²) in [6.45, 7) is 4.53. The fraction of sp³-hybridized carbons (Fsp3) is 0.263. The van der Waals surface area contributed by atoms with Crippen LogP contribution in [0.2, 0.25) is 0 Å². The van der Waals surface area contributed by atoms with Crippen LogP contribution in [0.1, 0.15) is 19.7 Å². The molecule has 0 unspecified atom stereocenters. The number of rotatable bonds is 7. The number of carbonyl (C=O) groups is 2. The van der Waals surface area contributed by atoms with Gasteiger partial charge in [0.2, 0.25) is 11.8 Å². The van der Waals surface area contributed by atoms with Gasteiger partial charge in [-0.25, -0.2) is 4.98 Å². The largest absolute Gasteiger partial charge is 0.326 e. The van der Waals surface area contributed by atoms with E-state index in [0.717, 1.165) is 0 Å². The van der Waals surface area contributed by atoms with Gasteiger partial charge < -0.3 is 15.6 Å². The molecule has 2 aromatic heterocycles. The lowest BCUT2D eigenvalue weighted by molar-refractivity contribution is -0.117. The molecule has 3 rings (SSSR count). The highest BCUT2D eigenvalue weighted by Crippen LogP contribution is 2.15. The van der Waals surface area contributed by atoms with E-state index in [1.54, 1.807) is 24.3 Å². The standard InChI is InChI=1S/C19H21N5O3S/c1-3-24(10-16-22-15-8-9-28-18(15)19(27)23-16)11-17(26)21-14-6-4-13(5-7-14)20-12(2)25/h4-9H,3,10-11H2,1-2H3,(H,20,25)(H,21,26)(H,22,23,27). The van der Waals surface area contributed by atoms with Gasteiger partial charge in [0.05, 0.1) is 18.6 Å². The van der Waals surface area contributed by atoms with Crippen LogP contribution in [0, 0.1) is 0 Å². The molecular weight excluding hydrogens is 378 g/mol. The number of amides is 2. The van der Waals surface area contributed by atoms with Crippen LogP contribution in [0.15, 0.2) is 40.5 Å². The summed E-state index contributed by atoms with van der Waals surface area (Å²) < 4.78 is 0.604. The summed E-state index contributed by atoms with van der Waals surface area (Å²) in [4.78, 5) is 44.6. The van der Waals surface area contributed by atoms with Crippen LogP contribution in [0.25, 0.3) is 10.2 Å². The van der Waals surface area contributed by atoms with E-state index in [1.807, 2.05) is 23.3 Å². The Hall–Kier alpha value is -3.04. The number of anilines is 2. The highest BCUT2D eigenvalue weighted by Gasteiger charge is 2.13. The van der Waals surface area contributed by atoms with Gasteiger partial charge in [0, 0.05) is 18.3 Å². The zero-order chi connectivity index (χ0) is 20.1. The molecule has 0 aliphatic rings. The molecule has 0 aliphatic heterocycles. The molecule has 9 heteroatoms. The van der Waals surface area contributed by atoms with Crippen LogP contribution in [0.3, 0.4) is 0 Å². The van der Waals surface area contributed by atoms with Gasteiger partial charge in [-0.1, -0.05) is 6.92 Å². The zero-order valence-electron chi connectivity index (χ0n) is 15.6. The van der Waals surface area contributed by atoms with Gasteiger partial charge >= 0.3 is 0 Å². The van der Waals surface area contributed by atoms with Crippen molar-refractivity contribution >= 4 is 44.7 Å². The van der Waals surface area contributed by atoms with Gasteiger partial charge in [0.15, 0.2) is 0 Å². The Morgan fingerprint density at radius 2 is 1.82 bits per heavy atom. The Bertz CT molecular complexity index is 1040. The summed E-state index contributed by atoms with van der Waals surface area (Å²) in [5.74, 6) is 0.209. The number of thiophene rings is 1. The third kappa shape index (κ3) is 5.02. The minimum Gasteiger partial charge on any atom is -0.326 e. The van der Waals surface area contributed by atoms with E-state index >= 15 is 0 Å². The summed E-state index contributed by atoms with van der Waals surface area (Å²) in [6.07, 6.45) is 0. The number of aromatic nitrogens is 2. The monoisotopic (exact) mass is 399 g/mol. The van der Waals surface area contributed by atoms with Crippen molar-refractivity contribution in [3.8, 4) is 0 Å². The number of benzene rings is 1. The van der Waals surface area contributed by atoms with Crippen molar-refractivity contribution in [2.24, 2.45) is 0 Å². The van der Waals surface area contributed by atoms with Crippen molar-refractivity contribution < 1.29 is 9.59 Å². The smallest absolute Gasteiger partial charge is 0.268 e. The molecule has 0 spiro atoms. The van der Waals surface area contributed by atoms with E-state index in [-0.39, 0.29) is 23.9 Å². The van der Waals surface area contributed by atoms with E-state index in [0.29, 0.717) is 40.5 Å². The Morgan fingerprint density at radius 3 is 2.46 bits per heavy atom. The predicted octanol–water partition coefficient (Wildman–Crippen LogP) is 2.40. The van der Waals surface area contributed by atoms with Gasteiger partial charge in [0.25, 0.3) is 5.56 Å². The number of H-pyrrole nitrogens is 1. The molecule has 8 nitrogen and oxygen atoms in total. The highest BCUT2D eigenvalue weighted by molar-refractivity contribution is 7.17. The lowest BCUT2D eigenvalue weighted by Crippen LogP contribution is -2.33. The molecule has 0 bridgehead atoms. The molecule has 0 aliphatic carbocycles. The first-order chi connectivity index (χ1) is 13.4. The number of nitrogens with one attached hydrogen (secondary N) is 3. The van der Waals surface area contributed by atoms with Gasteiger partial charge in [-0.2, -0.15) is 0 Å². The van der Waals surface area contributed by atoms with Crippen molar-refractivity contribution in [1.29, 1.82) is 0 Å². The molecule has 0 fully saturated rings. The topological polar surface area (TPSA) is 107 Å². The molecule has 2 heterocycles. The van der Waals surface area contributed by atoms with Gasteiger partial charge in [0.1, 0.15) is 10.5 Å². The SMILES string of the molecule is CCN(CC(=O)Nc1ccc(NC(C)=O)cc1)Cc1nc2ccsc2c(=O)[nH]1. The molecule has 3 N–H and O–H groups in total. The molecule has 1 aromatic carbocycles. The Balaban J connectivity index is 1.61. The highest BCUT2D eigenvalue weighted by atomic mass is 32.1. The predicted molar refractivity (Wildman–Crippen MR) is 111 cm³/mol.